The van der Waals surface area contributed by atoms with Crippen molar-refractivity contribution >= 4 is 16.9 Å². The first-order valence-electron chi connectivity index (χ1n) is 1.44. The Morgan fingerprint density at radius 3 is 2.50 bits per heavy atom. The minimum absolute atomic E-state index is 0.407. The number of alkyl halides is 1. The lowest BCUT2D eigenvalue weighted by atomic mass is 10.9. The van der Waals surface area contributed by atoms with Gasteiger partial charge in [-0.15, -0.1) is 0 Å². The van der Waals surface area contributed by atoms with E-state index in [9.17, 15) is 9.18 Å². The number of hydrogen-bond acceptors (Lipinski definition) is 2. The maximum Gasteiger partial charge on any atom is 0.219 e. The normalized spacial score (nSPS) is 8.33. The van der Waals surface area contributed by atoms with E-state index in [0.29, 0.717) is 0 Å². The largest absolute Gasteiger partial charge is 0.284 e. The van der Waals surface area contributed by atoms with E-state index in [1.54, 1.807) is 6.26 Å². The highest BCUT2D eigenvalue weighted by molar-refractivity contribution is 8.13. The summed E-state index contributed by atoms with van der Waals surface area (Å²) in [7, 11) is 0. The van der Waals surface area contributed by atoms with E-state index in [1.807, 2.05) is 0 Å². The van der Waals surface area contributed by atoms with Crippen molar-refractivity contribution < 1.29 is 9.18 Å². The average Bonchev–Trinajstić information content (AvgIpc) is 1.65. The molecular weight excluding hydrogens is 103 g/mol. The van der Waals surface area contributed by atoms with E-state index in [1.165, 1.54) is 0 Å². The standard InChI is InChI=1S/C3H5FOS/c1-6-3(5)2-4/h2H2,1H3. The molecule has 0 heterocycles. The Morgan fingerprint density at radius 2 is 2.50 bits per heavy atom. The van der Waals surface area contributed by atoms with Crippen LogP contribution in [0, 0.1) is 0 Å². The van der Waals surface area contributed by atoms with Crippen molar-refractivity contribution in [1.82, 2.24) is 0 Å². The number of carbonyl (C=O) groups excluding carboxylic acids is 1. The molecule has 0 radical (unpaired) electrons. The molecule has 0 amide bonds. The molecule has 0 bridgehead atoms. The van der Waals surface area contributed by atoms with Crippen molar-refractivity contribution in [2.24, 2.45) is 0 Å². The van der Waals surface area contributed by atoms with Gasteiger partial charge >= 0.3 is 0 Å². The second-order valence-electron chi connectivity index (χ2n) is 0.710. The fraction of sp³-hybridized carbons (Fsp3) is 0.667. The van der Waals surface area contributed by atoms with Gasteiger partial charge in [0.15, 0.2) is 6.67 Å². The highest BCUT2D eigenvalue weighted by Gasteiger charge is 1.91. The van der Waals surface area contributed by atoms with Gasteiger partial charge in [-0.2, -0.15) is 0 Å². The van der Waals surface area contributed by atoms with E-state index in [0.717, 1.165) is 11.8 Å². The first kappa shape index (κ1) is 5.95. The Hall–Kier alpha value is -0.0500. The fourth-order valence-corrected chi connectivity index (χ4v) is 0.164. The molecule has 0 aromatic rings. The predicted octanol–water partition coefficient (Wildman–Crippen LogP) is 0.846. The van der Waals surface area contributed by atoms with Crippen LogP contribution in [-0.2, 0) is 4.79 Å². The molecule has 0 saturated carbocycles. The summed E-state index contributed by atoms with van der Waals surface area (Å²) in [5.74, 6) is 0. The monoisotopic (exact) mass is 108 g/mol. The quantitative estimate of drug-likeness (QED) is 0.495. The van der Waals surface area contributed by atoms with E-state index < -0.39 is 11.8 Å². The second-order valence-corrected chi connectivity index (χ2v) is 1.57. The Balaban J connectivity index is 2.99. The third kappa shape index (κ3) is 2.20. The summed E-state index contributed by atoms with van der Waals surface area (Å²) in [5, 5.41) is -0.407. The molecule has 1 nitrogen and oxygen atoms in total. The van der Waals surface area contributed by atoms with Crippen LogP contribution in [0.3, 0.4) is 0 Å². The summed E-state index contributed by atoms with van der Waals surface area (Å²) in [6.07, 6.45) is 1.56. The number of thioether (sulfide) groups is 1. The molecule has 0 aromatic heterocycles. The SMILES string of the molecule is CSC(=O)CF. The average molecular weight is 108 g/mol. The number of rotatable bonds is 1. The molecule has 0 aliphatic carbocycles. The first-order chi connectivity index (χ1) is 2.81. The van der Waals surface area contributed by atoms with Crippen molar-refractivity contribution in [2.45, 2.75) is 0 Å². The maximum atomic E-state index is 11.0. The van der Waals surface area contributed by atoms with E-state index in [4.69, 9.17) is 0 Å². The van der Waals surface area contributed by atoms with Crippen LogP contribution in [0.15, 0.2) is 0 Å². The van der Waals surface area contributed by atoms with Gasteiger partial charge in [-0.3, -0.25) is 4.79 Å². The molecule has 0 saturated heterocycles. The molecule has 6 heavy (non-hydrogen) atoms. The molecule has 0 aromatic carbocycles. The smallest absolute Gasteiger partial charge is 0.219 e. The van der Waals surface area contributed by atoms with Crippen molar-refractivity contribution in [3.05, 3.63) is 0 Å². The minimum Gasteiger partial charge on any atom is -0.284 e. The third-order valence-corrected chi connectivity index (χ3v) is 0.901. The van der Waals surface area contributed by atoms with Crippen LogP contribution >= 0.6 is 11.8 Å². The van der Waals surface area contributed by atoms with Gasteiger partial charge in [0.05, 0.1) is 0 Å². The van der Waals surface area contributed by atoms with Crippen molar-refractivity contribution in [1.29, 1.82) is 0 Å². The molecule has 0 unspecified atom stereocenters. The van der Waals surface area contributed by atoms with E-state index >= 15 is 0 Å². The zero-order chi connectivity index (χ0) is 4.99. The van der Waals surface area contributed by atoms with Gasteiger partial charge < -0.3 is 0 Å². The predicted molar refractivity (Wildman–Crippen MR) is 24.5 cm³/mol. The van der Waals surface area contributed by atoms with Crippen LogP contribution in [0.1, 0.15) is 0 Å². The maximum absolute atomic E-state index is 11.0. The second kappa shape index (κ2) is 3.15. The van der Waals surface area contributed by atoms with Gasteiger partial charge in [-0.25, -0.2) is 4.39 Å². The van der Waals surface area contributed by atoms with Crippen LogP contribution in [0.5, 0.6) is 0 Å². The highest BCUT2D eigenvalue weighted by atomic mass is 32.2. The van der Waals surface area contributed by atoms with Crippen LogP contribution in [0.25, 0.3) is 0 Å². The van der Waals surface area contributed by atoms with Gasteiger partial charge in [-0.05, 0) is 6.26 Å². The van der Waals surface area contributed by atoms with Gasteiger partial charge in [0.25, 0.3) is 0 Å². The van der Waals surface area contributed by atoms with Gasteiger partial charge in [0, 0.05) is 0 Å². The first-order valence-corrected chi connectivity index (χ1v) is 2.66. The third-order valence-electron chi connectivity index (χ3n) is 0.337. The summed E-state index contributed by atoms with van der Waals surface area (Å²) < 4.78 is 11.0. The van der Waals surface area contributed by atoms with Crippen molar-refractivity contribution in [2.75, 3.05) is 12.9 Å². The van der Waals surface area contributed by atoms with Crippen molar-refractivity contribution in [3.63, 3.8) is 0 Å². The Bertz CT molecular complexity index is 48.8. The fourth-order valence-electron chi connectivity index (χ4n) is 0.0546. The van der Waals surface area contributed by atoms with Gasteiger partial charge in [0.1, 0.15) is 0 Å². The summed E-state index contributed by atoms with van der Waals surface area (Å²) in [6.45, 7) is -0.846. The lowest BCUT2D eigenvalue weighted by Crippen LogP contribution is -1.88. The molecule has 0 fully saturated rings. The topological polar surface area (TPSA) is 17.1 Å². The molecule has 36 valence electrons. The lowest BCUT2D eigenvalue weighted by Gasteiger charge is -1.78. The molecule has 0 spiro atoms. The Morgan fingerprint density at radius 1 is 2.00 bits per heavy atom. The van der Waals surface area contributed by atoms with Crippen molar-refractivity contribution in [3.8, 4) is 0 Å². The summed E-state index contributed by atoms with van der Waals surface area (Å²) in [4.78, 5) is 9.77. The van der Waals surface area contributed by atoms with Crippen LogP contribution in [-0.4, -0.2) is 18.0 Å². The Kier molecular flexibility index (Phi) is 3.13. The van der Waals surface area contributed by atoms with E-state index in [-0.39, 0.29) is 0 Å². The van der Waals surface area contributed by atoms with Crippen LogP contribution in [0.2, 0.25) is 0 Å². The summed E-state index contributed by atoms with van der Waals surface area (Å²) in [6, 6.07) is 0. The summed E-state index contributed by atoms with van der Waals surface area (Å²) in [5.41, 5.74) is 0. The molecular formula is C3H5FOS. The van der Waals surface area contributed by atoms with Gasteiger partial charge in [-0.1, -0.05) is 11.8 Å². The lowest BCUT2D eigenvalue weighted by molar-refractivity contribution is -0.111. The van der Waals surface area contributed by atoms with Crippen LogP contribution < -0.4 is 0 Å². The number of halogens is 1. The highest BCUT2D eigenvalue weighted by Crippen LogP contribution is 1.92. The molecule has 0 aliphatic rings. The summed E-state index contributed by atoms with van der Waals surface area (Å²) >= 11 is 0.911. The minimum atomic E-state index is -0.846. The Labute approximate surface area is 39.9 Å². The number of hydrogen-bond donors (Lipinski definition) is 0. The van der Waals surface area contributed by atoms with Gasteiger partial charge in [0.2, 0.25) is 5.12 Å². The molecule has 0 atom stereocenters. The zero-order valence-corrected chi connectivity index (χ0v) is 4.22. The molecule has 3 heteroatoms. The van der Waals surface area contributed by atoms with E-state index in [2.05, 4.69) is 0 Å². The zero-order valence-electron chi connectivity index (χ0n) is 3.40. The molecule has 0 rings (SSSR count). The molecule has 0 N–H and O–H groups in total. The number of carbonyl (C=O) groups is 1. The van der Waals surface area contributed by atoms with Crippen LogP contribution in [0.4, 0.5) is 4.39 Å². The molecule has 0 aliphatic heterocycles.